The van der Waals surface area contributed by atoms with E-state index in [1.807, 2.05) is 66.0 Å². The summed E-state index contributed by atoms with van der Waals surface area (Å²) in [5.74, 6) is 1.76. The summed E-state index contributed by atoms with van der Waals surface area (Å²) >= 11 is 7.35. The van der Waals surface area contributed by atoms with Gasteiger partial charge in [0.05, 0.1) is 39.8 Å². The third-order valence-electron chi connectivity index (χ3n) is 6.73. The fourth-order valence-electron chi connectivity index (χ4n) is 4.70. The minimum absolute atomic E-state index is 0.303. The number of aromatic amines is 1. The van der Waals surface area contributed by atoms with Gasteiger partial charge in [-0.25, -0.2) is 4.84 Å². The van der Waals surface area contributed by atoms with Crippen LogP contribution >= 0.6 is 23.3 Å². The Kier molecular flexibility index (Phi) is 8.63. The molecule has 0 fully saturated rings. The Morgan fingerprint density at radius 2 is 1.66 bits per heavy atom. The molecule has 0 aliphatic heterocycles. The van der Waals surface area contributed by atoms with Crippen molar-refractivity contribution in [3.63, 3.8) is 0 Å². The summed E-state index contributed by atoms with van der Waals surface area (Å²) in [5.41, 5.74) is 5.62. The van der Waals surface area contributed by atoms with E-state index >= 15 is 0 Å². The highest BCUT2D eigenvalue weighted by atomic mass is 35.5. The molecule has 2 aromatic heterocycles. The van der Waals surface area contributed by atoms with Crippen molar-refractivity contribution in [3.8, 4) is 45.4 Å². The normalized spacial score (nSPS) is 11.7. The van der Waals surface area contributed by atoms with Crippen molar-refractivity contribution in [2.45, 2.75) is 12.5 Å². The number of amides is 1. The average molecular weight is 593 g/mol. The Morgan fingerprint density at radius 1 is 0.927 bits per heavy atom. The van der Waals surface area contributed by atoms with E-state index in [-0.39, 0.29) is 5.91 Å². The molecule has 2 heterocycles. The zero-order valence-electron chi connectivity index (χ0n) is 22.9. The molecule has 9 nitrogen and oxygen atoms in total. The monoisotopic (exact) mass is 592 g/mol. The van der Waals surface area contributed by atoms with Gasteiger partial charge in [-0.1, -0.05) is 24.3 Å². The zero-order chi connectivity index (χ0) is 28.9. The fourth-order valence-corrected chi connectivity index (χ4v) is 5.60. The Labute approximate surface area is 246 Å². The molecule has 0 unspecified atom stereocenters. The van der Waals surface area contributed by atoms with Crippen LogP contribution < -0.4 is 29.1 Å². The number of carbonyl (C=O) groups excluding carboxylic acids is 1. The van der Waals surface area contributed by atoms with Gasteiger partial charge in [-0.05, 0) is 70.7 Å². The lowest BCUT2D eigenvalue weighted by atomic mass is 10.0. The number of methoxy groups -OCH3 is 4. The van der Waals surface area contributed by atoms with Gasteiger partial charge in [-0.2, -0.15) is 4.37 Å². The van der Waals surface area contributed by atoms with Crippen LogP contribution in [0, 0.1) is 0 Å². The number of anilines is 1. The van der Waals surface area contributed by atoms with Crippen LogP contribution in [0.5, 0.6) is 23.0 Å². The number of benzene rings is 3. The summed E-state index contributed by atoms with van der Waals surface area (Å²) in [5, 5.41) is 6.00. The summed E-state index contributed by atoms with van der Waals surface area (Å²) in [6, 6.07) is 18.5. The number of hydrogen-bond donors (Lipinski definition) is 3. The van der Waals surface area contributed by atoms with Crippen molar-refractivity contribution in [1.82, 2.24) is 14.2 Å². The van der Waals surface area contributed by atoms with Crippen LogP contribution in [0.3, 0.4) is 0 Å². The highest BCUT2D eigenvalue weighted by Crippen LogP contribution is 2.44. The molecular formula is C30H29ClN4O5S. The molecule has 0 spiro atoms. The summed E-state index contributed by atoms with van der Waals surface area (Å²) in [6.45, 7) is 0. The standard InChI is InChI=1S/C30H29ClN4O5S/c1-37-25-10-9-17(21-16-41-35-28(21)19-13-26(38-2)29(40-4)27(14-19)39-3)12-23(25)33-30(36)24(34-31)15-20-11-18-7-5-6-8-22(18)32-20/h5-14,16,24,32,34H,15H2,1-4H3,(H,33,36)/t24-/m1/s1. The molecule has 1 atom stereocenters. The number of ether oxygens (including phenoxy) is 4. The van der Waals surface area contributed by atoms with Crippen molar-refractivity contribution in [2.24, 2.45) is 0 Å². The van der Waals surface area contributed by atoms with Gasteiger partial charge < -0.3 is 29.2 Å². The first-order chi connectivity index (χ1) is 20.0. The van der Waals surface area contributed by atoms with Crippen molar-refractivity contribution in [3.05, 3.63) is 71.7 Å². The molecule has 3 aromatic carbocycles. The smallest absolute Gasteiger partial charge is 0.243 e. The van der Waals surface area contributed by atoms with Crippen molar-refractivity contribution >= 4 is 45.8 Å². The lowest BCUT2D eigenvalue weighted by molar-refractivity contribution is -0.117. The maximum Gasteiger partial charge on any atom is 0.243 e. The number of hydrogen-bond acceptors (Lipinski definition) is 8. The van der Waals surface area contributed by atoms with Crippen molar-refractivity contribution < 1.29 is 23.7 Å². The molecule has 41 heavy (non-hydrogen) atoms. The highest BCUT2D eigenvalue weighted by molar-refractivity contribution is 7.04. The van der Waals surface area contributed by atoms with Crippen LogP contribution in [0.25, 0.3) is 33.3 Å². The summed E-state index contributed by atoms with van der Waals surface area (Å²) in [7, 11) is 6.26. The molecule has 5 rings (SSSR count). The van der Waals surface area contributed by atoms with Gasteiger partial charge >= 0.3 is 0 Å². The number of H-pyrrole nitrogens is 1. The SMILES string of the molecule is COc1ccc(-c2csnc2-c2cc(OC)c(OC)c(OC)c2)cc1NC(=O)[C@@H](Cc1cc2ccccc2[nH]1)NCl. The van der Waals surface area contributed by atoms with E-state index < -0.39 is 6.04 Å². The molecule has 1 amide bonds. The molecule has 0 saturated carbocycles. The van der Waals surface area contributed by atoms with Gasteiger partial charge in [0.1, 0.15) is 11.8 Å². The Hall–Kier alpha value is -4.25. The Morgan fingerprint density at radius 3 is 2.32 bits per heavy atom. The van der Waals surface area contributed by atoms with E-state index in [0.29, 0.717) is 35.1 Å². The maximum atomic E-state index is 13.3. The number of halogens is 1. The van der Waals surface area contributed by atoms with Crippen LogP contribution in [0.4, 0.5) is 5.69 Å². The van der Waals surface area contributed by atoms with E-state index in [2.05, 4.69) is 19.5 Å². The lowest BCUT2D eigenvalue weighted by Gasteiger charge is -2.17. The quantitative estimate of drug-likeness (QED) is 0.155. The lowest BCUT2D eigenvalue weighted by Crippen LogP contribution is -2.37. The van der Waals surface area contributed by atoms with Crippen LogP contribution in [0.2, 0.25) is 0 Å². The first-order valence-electron chi connectivity index (χ1n) is 12.7. The Balaban J connectivity index is 1.44. The largest absolute Gasteiger partial charge is 0.495 e. The second-order valence-corrected chi connectivity index (χ2v) is 9.99. The molecule has 11 heteroatoms. The van der Waals surface area contributed by atoms with E-state index in [1.165, 1.54) is 11.5 Å². The first kappa shape index (κ1) is 28.3. The van der Waals surface area contributed by atoms with Crippen LogP contribution in [-0.2, 0) is 11.2 Å². The van der Waals surface area contributed by atoms with Crippen molar-refractivity contribution in [1.29, 1.82) is 0 Å². The van der Waals surface area contributed by atoms with Gasteiger partial charge in [0.15, 0.2) is 11.5 Å². The number of carbonyl (C=O) groups is 1. The van der Waals surface area contributed by atoms with Gasteiger partial charge in [0.25, 0.3) is 0 Å². The first-order valence-corrected chi connectivity index (χ1v) is 13.9. The summed E-state index contributed by atoms with van der Waals surface area (Å²) in [4.78, 5) is 19.3. The molecule has 0 bridgehead atoms. The third kappa shape index (κ3) is 5.81. The van der Waals surface area contributed by atoms with Gasteiger partial charge in [0.2, 0.25) is 11.7 Å². The van der Waals surface area contributed by atoms with Crippen LogP contribution in [0.1, 0.15) is 5.69 Å². The van der Waals surface area contributed by atoms with E-state index in [0.717, 1.165) is 39.0 Å². The number of nitrogens with one attached hydrogen (secondary N) is 3. The molecule has 3 N–H and O–H groups in total. The number of para-hydroxylation sites is 1. The second-order valence-electron chi connectivity index (χ2n) is 9.14. The zero-order valence-corrected chi connectivity index (χ0v) is 24.5. The van der Waals surface area contributed by atoms with E-state index in [1.54, 1.807) is 28.4 Å². The van der Waals surface area contributed by atoms with Gasteiger partial charge in [-0.3, -0.25) is 4.79 Å². The molecule has 0 saturated heterocycles. The molecule has 212 valence electrons. The Bertz CT molecular complexity index is 1630. The predicted molar refractivity (Wildman–Crippen MR) is 163 cm³/mol. The molecular weight excluding hydrogens is 564 g/mol. The number of nitrogens with zero attached hydrogens (tertiary/aromatic N) is 1. The second kappa shape index (κ2) is 12.5. The van der Waals surface area contributed by atoms with E-state index in [4.69, 9.17) is 30.7 Å². The minimum Gasteiger partial charge on any atom is -0.495 e. The van der Waals surface area contributed by atoms with Crippen LogP contribution in [-0.4, -0.2) is 49.7 Å². The third-order valence-corrected chi connectivity index (χ3v) is 7.63. The molecule has 0 aliphatic rings. The topological polar surface area (TPSA) is 107 Å². The minimum atomic E-state index is -0.698. The van der Waals surface area contributed by atoms with Gasteiger partial charge in [-0.15, -0.1) is 0 Å². The predicted octanol–water partition coefficient (Wildman–Crippen LogP) is 6.29. The fraction of sp³-hybridized carbons (Fsp3) is 0.200. The van der Waals surface area contributed by atoms with E-state index in [9.17, 15) is 4.79 Å². The maximum absolute atomic E-state index is 13.3. The summed E-state index contributed by atoms with van der Waals surface area (Å²) < 4.78 is 26.7. The van der Waals surface area contributed by atoms with Crippen molar-refractivity contribution in [2.75, 3.05) is 33.8 Å². The number of fused-ring (bicyclic) bond motifs is 1. The number of aromatic nitrogens is 2. The summed E-state index contributed by atoms with van der Waals surface area (Å²) in [6.07, 6.45) is 0.367. The molecule has 0 aliphatic carbocycles. The highest BCUT2D eigenvalue weighted by Gasteiger charge is 2.22. The number of rotatable bonds is 11. The molecule has 5 aromatic rings. The average Bonchev–Trinajstić information content (AvgIpc) is 3.66. The molecule has 0 radical (unpaired) electrons. The van der Waals surface area contributed by atoms with Crippen LogP contribution in [0.15, 0.2) is 66.0 Å². The van der Waals surface area contributed by atoms with Gasteiger partial charge in [0, 0.05) is 34.1 Å².